The van der Waals surface area contributed by atoms with Crippen molar-refractivity contribution in [2.75, 3.05) is 5.32 Å². The van der Waals surface area contributed by atoms with Crippen molar-refractivity contribution in [3.8, 4) is 5.75 Å². The number of nitrogens with one attached hydrogen (secondary N) is 1. The molecule has 1 N–H and O–H groups in total. The van der Waals surface area contributed by atoms with Crippen LogP contribution in [0.2, 0.25) is 5.02 Å². The number of aromatic nitrogens is 2. The molecule has 5 nitrogen and oxygen atoms in total. The number of nitrogens with zero attached hydrogens (tertiary/aromatic N) is 2. The fraction of sp³-hybridized carbons (Fsp3) is 0.154. The van der Waals surface area contributed by atoms with E-state index < -0.39 is 0 Å². The maximum atomic E-state index is 13.2. The molecule has 1 heterocycles. The lowest BCUT2D eigenvalue weighted by Gasteiger charge is -2.10. The van der Waals surface area contributed by atoms with E-state index in [1.807, 2.05) is 32.0 Å². The van der Waals surface area contributed by atoms with E-state index in [4.69, 9.17) is 16.3 Å². The Morgan fingerprint density at radius 1 is 1.06 bits per heavy atom. The van der Waals surface area contributed by atoms with Gasteiger partial charge in [-0.1, -0.05) is 51.8 Å². The van der Waals surface area contributed by atoms with Gasteiger partial charge in [0.1, 0.15) is 18.2 Å². The average Bonchev–Trinajstić information content (AvgIpc) is 3.07. The molecule has 0 spiro atoms. The van der Waals surface area contributed by atoms with Gasteiger partial charge in [-0.3, -0.25) is 9.48 Å². The molecule has 0 radical (unpaired) electrons. The lowest BCUT2D eigenvalue weighted by molar-refractivity contribution is 0.102. The number of amides is 1. The third kappa shape index (κ3) is 5.66. The van der Waals surface area contributed by atoms with Crippen molar-refractivity contribution in [2.45, 2.75) is 27.0 Å². The van der Waals surface area contributed by atoms with E-state index in [2.05, 4.69) is 26.3 Å². The minimum absolute atomic E-state index is 0.226. The summed E-state index contributed by atoms with van der Waals surface area (Å²) in [5.41, 5.74) is 4.57. The monoisotopic (exact) mass is 541 g/mol. The Bertz CT molecular complexity index is 1320. The van der Waals surface area contributed by atoms with E-state index >= 15 is 0 Å². The molecule has 0 saturated heterocycles. The van der Waals surface area contributed by atoms with E-state index in [0.717, 1.165) is 21.3 Å². The number of aryl methyl sites for hydroxylation is 1. The molecule has 0 aliphatic rings. The summed E-state index contributed by atoms with van der Waals surface area (Å²) in [5, 5.41) is 8.02. The summed E-state index contributed by atoms with van der Waals surface area (Å²) in [5.74, 6) is 0.0889. The highest BCUT2D eigenvalue weighted by molar-refractivity contribution is 9.10. The zero-order valence-electron chi connectivity index (χ0n) is 18.6. The molecule has 4 rings (SSSR count). The van der Waals surface area contributed by atoms with Crippen LogP contribution in [-0.2, 0) is 13.2 Å². The highest BCUT2D eigenvalue weighted by atomic mass is 79.9. The zero-order chi connectivity index (χ0) is 24.2. The highest BCUT2D eigenvalue weighted by Gasteiger charge is 2.16. The topological polar surface area (TPSA) is 56.2 Å². The van der Waals surface area contributed by atoms with E-state index in [1.165, 1.54) is 12.1 Å². The van der Waals surface area contributed by atoms with E-state index in [1.54, 1.807) is 41.1 Å². The lowest BCUT2D eigenvalue weighted by Crippen LogP contribution is -2.13. The van der Waals surface area contributed by atoms with Crippen LogP contribution < -0.4 is 10.1 Å². The summed E-state index contributed by atoms with van der Waals surface area (Å²) >= 11 is 9.56. The summed E-state index contributed by atoms with van der Waals surface area (Å²) in [6.45, 7) is 4.56. The number of carbonyl (C=O) groups excluding carboxylic acids is 1. The Labute approximate surface area is 210 Å². The molecule has 0 saturated carbocycles. The molecule has 0 fully saturated rings. The first-order valence-corrected chi connectivity index (χ1v) is 11.7. The molecule has 174 valence electrons. The molecule has 0 unspecified atom stereocenters. The van der Waals surface area contributed by atoms with E-state index in [-0.39, 0.29) is 11.7 Å². The van der Waals surface area contributed by atoms with Crippen LogP contribution in [0.15, 0.2) is 71.2 Å². The fourth-order valence-electron chi connectivity index (χ4n) is 3.49. The smallest absolute Gasteiger partial charge is 0.255 e. The van der Waals surface area contributed by atoms with Crippen molar-refractivity contribution >= 4 is 39.1 Å². The average molecular weight is 543 g/mol. The van der Waals surface area contributed by atoms with Gasteiger partial charge in [0.05, 0.1) is 28.6 Å². The zero-order valence-corrected chi connectivity index (χ0v) is 21.0. The first kappa shape index (κ1) is 24.0. The first-order chi connectivity index (χ1) is 16.3. The van der Waals surface area contributed by atoms with Crippen LogP contribution in [0.5, 0.6) is 5.75 Å². The summed E-state index contributed by atoms with van der Waals surface area (Å²) in [4.78, 5) is 12.8. The molecule has 0 atom stereocenters. The maximum Gasteiger partial charge on any atom is 0.255 e. The van der Waals surface area contributed by atoms with Gasteiger partial charge >= 0.3 is 0 Å². The molecule has 3 aromatic carbocycles. The number of benzene rings is 3. The van der Waals surface area contributed by atoms with Crippen molar-refractivity contribution < 1.29 is 13.9 Å². The van der Waals surface area contributed by atoms with Crippen LogP contribution in [0, 0.1) is 19.7 Å². The summed E-state index contributed by atoms with van der Waals surface area (Å²) in [6, 6.07) is 18.9. The SMILES string of the molecule is Cc1nn(Cc2ccc(F)cc2)c(C)c1NC(=O)c1ccc(COc2ccc(Br)cc2Cl)cc1. The van der Waals surface area contributed by atoms with Crippen molar-refractivity contribution in [1.29, 1.82) is 0 Å². The fourth-order valence-corrected chi connectivity index (χ4v) is 4.21. The van der Waals surface area contributed by atoms with Crippen LogP contribution in [0.1, 0.15) is 32.9 Å². The second-order valence-corrected chi connectivity index (χ2v) is 9.17. The van der Waals surface area contributed by atoms with Gasteiger partial charge in [-0.15, -0.1) is 0 Å². The number of hydrogen-bond donors (Lipinski definition) is 1. The molecule has 1 amide bonds. The third-order valence-electron chi connectivity index (χ3n) is 5.37. The van der Waals surface area contributed by atoms with Crippen LogP contribution in [-0.4, -0.2) is 15.7 Å². The molecule has 8 heteroatoms. The van der Waals surface area contributed by atoms with Gasteiger partial charge in [0.2, 0.25) is 0 Å². The van der Waals surface area contributed by atoms with E-state index in [9.17, 15) is 9.18 Å². The quantitative estimate of drug-likeness (QED) is 0.275. The number of anilines is 1. The molecule has 4 aromatic rings. The van der Waals surface area contributed by atoms with Crippen molar-refractivity contribution in [3.05, 3.63) is 110 Å². The Hall–Kier alpha value is -3.16. The van der Waals surface area contributed by atoms with Gasteiger partial charge in [0, 0.05) is 10.0 Å². The second kappa shape index (κ2) is 10.4. The predicted molar refractivity (Wildman–Crippen MR) is 135 cm³/mol. The predicted octanol–water partition coefficient (Wildman–Crippen LogP) is 6.93. The number of ether oxygens (including phenoxy) is 1. The van der Waals surface area contributed by atoms with Gasteiger partial charge in [-0.25, -0.2) is 4.39 Å². The van der Waals surface area contributed by atoms with Gasteiger partial charge in [-0.05, 0) is 67.4 Å². The van der Waals surface area contributed by atoms with Crippen LogP contribution in [0.25, 0.3) is 0 Å². The van der Waals surface area contributed by atoms with Crippen LogP contribution in [0.4, 0.5) is 10.1 Å². The second-order valence-electron chi connectivity index (χ2n) is 7.84. The van der Waals surface area contributed by atoms with Gasteiger partial charge in [-0.2, -0.15) is 5.10 Å². The standard InChI is InChI=1S/C26H22BrClFN3O2/c1-16-25(17(2)32(31-16)14-18-5-10-22(29)11-6-18)30-26(33)20-7-3-19(4-8-20)15-34-24-12-9-21(27)13-23(24)28/h3-13H,14-15H2,1-2H3,(H,30,33). The number of hydrogen-bond acceptors (Lipinski definition) is 3. The minimum atomic E-state index is -0.278. The highest BCUT2D eigenvalue weighted by Crippen LogP contribution is 2.28. The molecular weight excluding hydrogens is 521 g/mol. The Morgan fingerprint density at radius 3 is 2.41 bits per heavy atom. The van der Waals surface area contributed by atoms with Crippen molar-refractivity contribution in [1.82, 2.24) is 9.78 Å². The molecule has 1 aromatic heterocycles. The Morgan fingerprint density at radius 2 is 1.74 bits per heavy atom. The minimum Gasteiger partial charge on any atom is -0.487 e. The molecule has 0 aliphatic carbocycles. The normalized spacial score (nSPS) is 10.9. The van der Waals surface area contributed by atoms with E-state index in [0.29, 0.717) is 40.9 Å². The molecule has 0 bridgehead atoms. The van der Waals surface area contributed by atoms with Crippen molar-refractivity contribution in [2.24, 2.45) is 0 Å². The number of halogens is 3. The number of rotatable bonds is 7. The number of carbonyl (C=O) groups is 1. The largest absolute Gasteiger partial charge is 0.487 e. The summed E-state index contributed by atoms with van der Waals surface area (Å²) < 4.78 is 21.6. The van der Waals surface area contributed by atoms with Crippen LogP contribution >= 0.6 is 27.5 Å². The van der Waals surface area contributed by atoms with Gasteiger partial charge in [0.15, 0.2) is 0 Å². The molecule has 0 aliphatic heterocycles. The molecule has 34 heavy (non-hydrogen) atoms. The Balaban J connectivity index is 1.40. The maximum absolute atomic E-state index is 13.2. The third-order valence-corrected chi connectivity index (χ3v) is 6.16. The first-order valence-electron chi connectivity index (χ1n) is 10.6. The Kier molecular flexibility index (Phi) is 7.34. The van der Waals surface area contributed by atoms with Crippen LogP contribution in [0.3, 0.4) is 0 Å². The summed E-state index contributed by atoms with van der Waals surface area (Å²) in [6.07, 6.45) is 0. The van der Waals surface area contributed by atoms with Gasteiger partial charge in [0.25, 0.3) is 5.91 Å². The van der Waals surface area contributed by atoms with Crippen molar-refractivity contribution in [3.63, 3.8) is 0 Å². The summed E-state index contributed by atoms with van der Waals surface area (Å²) in [7, 11) is 0. The van der Waals surface area contributed by atoms with Gasteiger partial charge < -0.3 is 10.1 Å². The lowest BCUT2D eigenvalue weighted by atomic mass is 10.1. The molecular formula is C26H22BrClFN3O2.